The molecule has 1 aromatic heterocycles. The molecule has 1 amide bonds. The van der Waals surface area contributed by atoms with Crippen LogP contribution in [0.5, 0.6) is 28.7 Å². The summed E-state index contributed by atoms with van der Waals surface area (Å²) in [7, 11) is 7.45. The van der Waals surface area contributed by atoms with Crippen molar-refractivity contribution >= 4 is 11.7 Å². The Bertz CT molecular complexity index is 1220. The summed E-state index contributed by atoms with van der Waals surface area (Å²) in [5, 5.41) is 9.81. The summed E-state index contributed by atoms with van der Waals surface area (Å²) in [4.78, 5) is 21.3. The lowest BCUT2D eigenvalue weighted by molar-refractivity contribution is 0.0961. The molecule has 3 aromatic rings. The average molecular weight is 479 g/mol. The Morgan fingerprint density at radius 2 is 1.54 bits per heavy atom. The molecule has 3 rings (SSSR count). The Morgan fingerprint density at radius 1 is 0.886 bits per heavy atom. The minimum absolute atomic E-state index is 0.240. The monoisotopic (exact) mass is 479 g/mol. The van der Waals surface area contributed by atoms with E-state index in [9.17, 15) is 10.1 Å². The summed E-state index contributed by atoms with van der Waals surface area (Å²) >= 11 is 0. The first-order valence-corrected chi connectivity index (χ1v) is 10.3. The van der Waals surface area contributed by atoms with E-state index in [2.05, 4.69) is 26.9 Å². The second-order valence-electron chi connectivity index (χ2n) is 7.00. The lowest BCUT2D eigenvalue weighted by Gasteiger charge is -2.15. The number of methoxy groups -OCH3 is 5. The quantitative estimate of drug-likeness (QED) is 0.418. The van der Waals surface area contributed by atoms with Crippen LogP contribution in [0.2, 0.25) is 0 Å². The molecule has 1 atom stereocenters. The standard InChI is InChI=1S/C24H25N5O6/c1-31-18-7-6-14(8-19(18)32-2)16(11-25)17-12-26-13-22(27-17)28-29-24(30)15-9-20(33-3)23(35-5)21(10-15)34-4/h6-10,12-13,16H,1-5H3,(H,27,28)(H,29,30). The SMILES string of the molecule is COc1ccc(C(C#N)c2cncc(NNC(=O)c3cc(OC)c(OC)c(OC)c3)n2)cc1OC. The molecule has 0 aliphatic heterocycles. The van der Waals surface area contributed by atoms with Crippen molar-refractivity contribution in [3.05, 3.63) is 59.5 Å². The molecule has 2 N–H and O–H groups in total. The van der Waals surface area contributed by atoms with Crippen molar-refractivity contribution < 1.29 is 28.5 Å². The smallest absolute Gasteiger partial charge is 0.269 e. The third kappa shape index (κ3) is 5.44. The molecule has 1 heterocycles. The number of hydrazine groups is 1. The van der Waals surface area contributed by atoms with Crippen LogP contribution in [-0.4, -0.2) is 51.4 Å². The van der Waals surface area contributed by atoms with Gasteiger partial charge in [0.1, 0.15) is 5.92 Å². The van der Waals surface area contributed by atoms with Crippen LogP contribution in [0.1, 0.15) is 27.5 Å². The first-order valence-electron chi connectivity index (χ1n) is 10.3. The second kappa shape index (κ2) is 11.4. The van der Waals surface area contributed by atoms with Gasteiger partial charge in [0.25, 0.3) is 5.91 Å². The van der Waals surface area contributed by atoms with Gasteiger partial charge >= 0.3 is 0 Å². The van der Waals surface area contributed by atoms with Gasteiger partial charge < -0.3 is 23.7 Å². The maximum atomic E-state index is 12.7. The second-order valence-corrected chi connectivity index (χ2v) is 7.00. The highest BCUT2D eigenvalue weighted by Crippen LogP contribution is 2.38. The first kappa shape index (κ1) is 24.9. The van der Waals surface area contributed by atoms with Crippen LogP contribution in [-0.2, 0) is 0 Å². The molecule has 11 nitrogen and oxygen atoms in total. The van der Waals surface area contributed by atoms with E-state index in [0.29, 0.717) is 40.0 Å². The molecule has 0 aliphatic rings. The Labute approximate surface area is 202 Å². The van der Waals surface area contributed by atoms with E-state index in [4.69, 9.17) is 23.7 Å². The molecule has 11 heteroatoms. The largest absolute Gasteiger partial charge is 0.493 e. The van der Waals surface area contributed by atoms with Gasteiger partial charge in [0.2, 0.25) is 5.75 Å². The van der Waals surface area contributed by atoms with E-state index < -0.39 is 11.8 Å². The molecule has 0 spiro atoms. The molecular formula is C24H25N5O6. The van der Waals surface area contributed by atoms with Gasteiger partial charge in [-0.3, -0.25) is 20.6 Å². The van der Waals surface area contributed by atoms with Crippen molar-refractivity contribution in [3.8, 4) is 34.8 Å². The number of nitriles is 1. The topological polar surface area (TPSA) is 137 Å². The van der Waals surface area contributed by atoms with Crippen LogP contribution in [0.15, 0.2) is 42.7 Å². The zero-order chi connectivity index (χ0) is 25.4. The zero-order valence-corrected chi connectivity index (χ0v) is 19.9. The third-order valence-corrected chi connectivity index (χ3v) is 5.05. The number of anilines is 1. The summed E-state index contributed by atoms with van der Waals surface area (Å²) in [6.07, 6.45) is 2.90. The molecule has 0 fully saturated rings. The van der Waals surface area contributed by atoms with Crippen molar-refractivity contribution in [1.82, 2.24) is 15.4 Å². The van der Waals surface area contributed by atoms with Crippen molar-refractivity contribution in [3.63, 3.8) is 0 Å². The molecule has 182 valence electrons. The summed E-state index contributed by atoms with van der Waals surface area (Å²) < 4.78 is 26.4. The Hall–Kier alpha value is -4.72. The maximum absolute atomic E-state index is 12.7. The normalized spacial score (nSPS) is 11.0. The molecule has 0 radical (unpaired) electrons. The van der Waals surface area contributed by atoms with Gasteiger partial charge in [-0.05, 0) is 29.8 Å². The molecule has 0 saturated heterocycles. The zero-order valence-electron chi connectivity index (χ0n) is 19.9. The van der Waals surface area contributed by atoms with E-state index in [0.717, 1.165) is 0 Å². The third-order valence-electron chi connectivity index (χ3n) is 5.05. The van der Waals surface area contributed by atoms with Gasteiger partial charge in [-0.25, -0.2) is 4.98 Å². The number of rotatable bonds is 10. The number of nitrogens with one attached hydrogen (secondary N) is 2. The lowest BCUT2D eigenvalue weighted by Crippen LogP contribution is -2.30. The highest BCUT2D eigenvalue weighted by atomic mass is 16.5. The number of ether oxygens (including phenoxy) is 5. The molecule has 35 heavy (non-hydrogen) atoms. The number of carbonyl (C=O) groups excluding carboxylic acids is 1. The fourth-order valence-corrected chi connectivity index (χ4v) is 3.33. The molecule has 2 aromatic carbocycles. The Kier molecular flexibility index (Phi) is 8.13. The van der Waals surface area contributed by atoms with Gasteiger partial charge in [0.15, 0.2) is 28.8 Å². The Balaban J connectivity index is 1.80. The van der Waals surface area contributed by atoms with Crippen LogP contribution >= 0.6 is 0 Å². The van der Waals surface area contributed by atoms with Crippen LogP contribution in [0.3, 0.4) is 0 Å². The number of nitrogens with zero attached hydrogens (tertiary/aromatic N) is 3. The number of aromatic nitrogens is 2. The van der Waals surface area contributed by atoms with Gasteiger partial charge in [-0.1, -0.05) is 6.07 Å². The van der Waals surface area contributed by atoms with Crippen LogP contribution in [0, 0.1) is 11.3 Å². The first-order chi connectivity index (χ1) is 17.0. The fourth-order valence-electron chi connectivity index (χ4n) is 3.33. The molecule has 0 bridgehead atoms. The van der Waals surface area contributed by atoms with Gasteiger partial charge in [0, 0.05) is 5.56 Å². The predicted molar refractivity (Wildman–Crippen MR) is 126 cm³/mol. The number of carbonyl (C=O) groups is 1. The van der Waals surface area contributed by atoms with Gasteiger partial charge in [0.05, 0.1) is 59.7 Å². The lowest BCUT2D eigenvalue weighted by atomic mass is 9.97. The van der Waals surface area contributed by atoms with E-state index in [1.165, 1.54) is 60.1 Å². The summed E-state index contributed by atoms with van der Waals surface area (Å²) in [5.74, 6) is 1.12. The van der Waals surface area contributed by atoms with Crippen molar-refractivity contribution in [1.29, 1.82) is 5.26 Å². The molecule has 1 unspecified atom stereocenters. The average Bonchev–Trinajstić information content (AvgIpc) is 2.91. The van der Waals surface area contributed by atoms with Crippen LogP contribution < -0.4 is 34.5 Å². The number of hydrogen-bond acceptors (Lipinski definition) is 10. The van der Waals surface area contributed by atoms with E-state index in [1.807, 2.05) is 0 Å². The highest BCUT2D eigenvalue weighted by molar-refractivity contribution is 5.96. The molecule has 0 saturated carbocycles. The van der Waals surface area contributed by atoms with Crippen molar-refractivity contribution in [2.45, 2.75) is 5.92 Å². The van der Waals surface area contributed by atoms with Crippen LogP contribution in [0.25, 0.3) is 0 Å². The summed E-state index contributed by atoms with van der Waals surface area (Å²) in [6, 6.07) is 10.4. The van der Waals surface area contributed by atoms with Crippen LogP contribution in [0.4, 0.5) is 5.82 Å². The predicted octanol–water partition coefficient (Wildman–Crippen LogP) is 2.93. The summed E-state index contributed by atoms with van der Waals surface area (Å²) in [6.45, 7) is 0. The van der Waals surface area contributed by atoms with Gasteiger partial charge in [-0.15, -0.1) is 0 Å². The van der Waals surface area contributed by atoms with Crippen molar-refractivity contribution in [2.24, 2.45) is 0 Å². The van der Waals surface area contributed by atoms with E-state index >= 15 is 0 Å². The van der Waals surface area contributed by atoms with Gasteiger partial charge in [-0.2, -0.15) is 5.26 Å². The van der Waals surface area contributed by atoms with E-state index in [-0.39, 0.29) is 11.4 Å². The number of hydrogen-bond donors (Lipinski definition) is 2. The number of amides is 1. The highest BCUT2D eigenvalue weighted by Gasteiger charge is 2.20. The molecule has 0 aliphatic carbocycles. The Morgan fingerprint density at radius 3 is 2.11 bits per heavy atom. The van der Waals surface area contributed by atoms with Crippen molar-refractivity contribution in [2.75, 3.05) is 41.0 Å². The van der Waals surface area contributed by atoms with E-state index in [1.54, 1.807) is 18.2 Å². The number of benzene rings is 2. The maximum Gasteiger partial charge on any atom is 0.269 e. The minimum atomic E-state index is -0.727. The molecular weight excluding hydrogens is 454 g/mol. The fraction of sp³-hybridized carbons (Fsp3) is 0.250. The summed E-state index contributed by atoms with van der Waals surface area (Å²) in [5.41, 5.74) is 6.56. The minimum Gasteiger partial charge on any atom is -0.493 e.